The molecule has 0 spiro atoms. The molecule has 2 heterocycles. The minimum Gasteiger partial charge on any atom is -0.507 e. The molecule has 0 radical (unpaired) electrons. The molecule has 1 unspecified atom stereocenters. The normalized spacial score (nSPS) is 17.9. The highest BCUT2D eigenvalue weighted by Crippen LogP contribution is 2.45. The summed E-state index contributed by atoms with van der Waals surface area (Å²) < 4.78 is 0. The number of benzene rings is 2. The predicted molar refractivity (Wildman–Crippen MR) is 118 cm³/mol. The molecule has 156 valence electrons. The highest BCUT2D eigenvalue weighted by molar-refractivity contribution is 6.52. The molecule has 31 heavy (non-hydrogen) atoms. The standard InChI is InChI=1S/C24H19ClN2O4/c1-13-3-4-14(2)17(11-13)22(29)20-21(15-7-9-26-10-8-15)27(24(31)23(20)30)18-12-16(25)5-6-19(18)28/h3-12,21,28-29H,1-2H3/b22-20+. The zero-order valence-corrected chi connectivity index (χ0v) is 17.6. The number of aliphatic hydroxyl groups is 1. The molecule has 1 saturated heterocycles. The highest BCUT2D eigenvalue weighted by Gasteiger charge is 2.47. The molecule has 6 nitrogen and oxygen atoms in total. The molecule has 1 aliphatic rings. The fraction of sp³-hybridized carbons (Fsp3) is 0.125. The van der Waals surface area contributed by atoms with Crippen LogP contribution in [0.3, 0.4) is 0 Å². The van der Waals surface area contributed by atoms with Crippen LogP contribution in [0, 0.1) is 13.8 Å². The van der Waals surface area contributed by atoms with Crippen molar-refractivity contribution in [2.45, 2.75) is 19.9 Å². The number of aliphatic hydroxyl groups excluding tert-OH is 1. The van der Waals surface area contributed by atoms with Crippen LogP contribution in [-0.4, -0.2) is 26.9 Å². The number of ketones is 1. The lowest BCUT2D eigenvalue weighted by Gasteiger charge is -2.26. The number of Topliss-reactive ketones (excluding diaryl/α,β-unsaturated/α-hetero) is 1. The molecule has 1 amide bonds. The van der Waals surface area contributed by atoms with Crippen molar-refractivity contribution in [3.63, 3.8) is 0 Å². The minimum absolute atomic E-state index is 0.0655. The van der Waals surface area contributed by atoms with Crippen molar-refractivity contribution in [3.05, 3.63) is 93.8 Å². The van der Waals surface area contributed by atoms with Gasteiger partial charge in [-0.15, -0.1) is 0 Å². The number of phenols is 1. The number of amides is 1. The van der Waals surface area contributed by atoms with Gasteiger partial charge < -0.3 is 10.2 Å². The summed E-state index contributed by atoms with van der Waals surface area (Å²) in [5, 5.41) is 21.9. The van der Waals surface area contributed by atoms with Gasteiger partial charge in [0.25, 0.3) is 11.7 Å². The topological polar surface area (TPSA) is 90.7 Å². The van der Waals surface area contributed by atoms with E-state index in [0.29, 0.717) is 11.1 Å². The van der Waals surface area contributed by atoms with Crippen LogP contribution >= 0.6 is 11.6 Å². The monoisotopic (exact) mass is 434 g/mol. The lowest BCUT2D eigenvalue weighted by atomic mass is 9.93. The summed E-state index contributed by atoms with van der Waals surface area (Å²) in [6.07, 6.45) is 3.07. The SMILES string of the molecule is Cc1ccc(C)c(/C(O)=C2\C(=O)C(=O)N(c3cc(Cl)ccc3O)C2c2ccncc2)c1. The van der Waals surface area contributed by atoms with E-state index < -0.39 is 17.7 Å². The van der Waals surface area contributed by atoms with Crippen LogP contribution in [0.4, 0.5) is 5.69 Å². The maximum atomic E-state index is 13.1. The van der Waals surface area contributed by atoms with E-state index in [1.165, 1.54) is 30.6 Å². The van der Waals surface area contributed by atoms with E-state index in [0.717, 1.165) is 16.0 Å². The van der Waals surface area contributed by atoms with Gasteiger partial charge in [0.05, 0.1) is 17.3 Å². The first-order chi connectivity index (χ1) is 14.8. The number of carbonyl (C=O) groups is 2. The summed E-state index contributed by atoms with van der Waals surface area (Å²) in [4.78, 5) is 31.4. The molecule has 2 N–H and O–H groups in total. The molecule has 0 bridgehead atoms. The first-order valence-electron chi connectivity index (χ1n) is 9.56. The molecule has 1 fully saturated rings. The van der Waals surface area contributed by atoms with Gasteiger partial charge in [0.1, 0.15) is 11.5 Å². The third kappa shape index (κ3) is 3.55. The van der Waals surface area contributed by atoms with Crippen LogP contribution in [0.1, 0.15) is 28.3 Å². The Kier molecular flexibility index (Phi) is 5.25. The van der Waals surface area contributed by atoms with Crippen LogP contribution in [0.5, 0.6) is 5.75 Å². The van der Waals surface area contributed by atoms with Gasteiger partial charge in [0.15, 0.2) is 0 Å². The second-order valence-electron chi connectivity index (χ2n) is 7.40. The molecule has 1 aromatic heterocycles. The Morgan fingerprint density at radius 3 is 2.45 bits per heavy atom. The highest BCUT2D eigenvalue weighted by atomic mass is 35.5. The molecular weight excluding hydrogens is 416 g/mol. The van der Waals surface area contributed by atoms with Crippen molar-refractivity contribution in [2.75, 3.05) is 4.90 Å². The van der Waals surface area contributed by atoms with E-state index in [9.17, 15) is 19.8 Å². The van der Waals surface area contributed by atoms with E-state index in [4.69, 9.17) is 11.6 Å². The summed E-state index contributed by atoms with van der Waals surface area (Å²) in [6.45, 7) is 3.69. The number of nitrogens with zero attached hydrogens (tertiary/aromatic N) is 2. The number of carbonyl (C=O) groups excluding carboxylic acids is 2. The third-order valence-electron chi connectivity index (χ3n) is 5.31. The Morgan fingerprint density at radius 1 is 1.03 bits per heavy atom. The molecule has 7 heteroatoms. The van der Waals surface area contributed by atoms with Gasteiger partial charge in [-0.3, -0.25) is 19.5 Å². The Labute approximate surface area is 184 Å². The van der Waals surface area contributed by atoms with E-state index in [1.807, 2.05) is 26.0 Å². The number of rotatable bonds is 3. The van der Waals surface area contributed by atoms with Crippen molar-refractivity contribution in [1.82, 2.24) is 4.98 Å². The maximum Gasteiger partial charge on any atom is 0.300 e. The summed E-state index contributed by atoms with van der Waals surface area (Å²) in [6, 6.07) is 12.1. The van der Waals surface area contributed by atoms with E-state index >= 15 is 0 Å². The molecule has 1 atom stereocenters. The smallest absolute Gasteiger partial charge is 0.300 e. The van der Waals surface area contributed by atoms with Gasteiger partial charge in [0, 0.05) is 23.0 Å². The van der Waals surface area contributed by atoms with Gasteiger partial charge in [-0.25, -0.2) is 0 Å². The van der Waals surface area contributed by atoms with Crippen LogP contribution in [0.2, 0.25) is 5.02 Å². The number of aromatic hydroxyl groups is 1. The average molecular weight is 435 g/mol. The molecule has 3 aromatic rings. The second-order valence-corrected chi connectivity index (χ2v) is 7.84. The Morgan fingerprint density at radius 2 is 1.74 bits per heavy atom. The van der Waals surface area contributed by atoms with Crippen molar-refractivity contribution in [1.29, 1.82) is 0 Å². The van der Waals surface area contributed by atoms with Crippen molar-refractivity contribution in [3.8, 4) is 5.75 Å². The second kappa shape index (κ2) is 7.89. The fourth-order valence-electron chi connectivity index (χ4n) is 3.77. The summed E-state index contributed by atoms with van der Waals surface area (Å²) in [5.74, 6) is -2.20. The minimum atomic E-state index is -0.965. The molecule has 0 saturated carbocycles. The maximum absolute atomic E-state index is 13.1. The van der Waals surface area contributed by atoms with Gasteiger partial charge in [-0.05, 0) is 61.4 Å². The summed E-state index contributed by atoms with van der Waals surface area (Å²) >= 11 is 6.10. The van der Waals surface area contributed by atoms with E-state index in [2.05, 4.69) is 4.98 Å². The third-order valence-corrected chi connectivity index (χ3v) is 5.55. The number of aryl methyl sites for hydroxylation is 2. The summed E-state index contributed by atoms with van der Waals surface area (Å²) in [7, 11) is 0. The lowest BCUT2D eigenvalue weighted by Crippen LogP contribution is -2.29. The Balaban J connectivity index is 2.01. The van der Waals surface area contributed by atoms with Gasteiger partial charge in [-0.2, -0.15) is 0 Å². The first-order valence-corrected chi connectivity index (χ1v) is 9.94. The van der Waals surface area contributed by atoms with Crippen LogP contribution < -0.4 is 4.90 Å². The first kappa shape index (κ1) is 20.6. The number of halogens is 1. The quantitative estimate of drug-likeness (QED) is 0.354. The molecule has 0 aliphatic carbocycles. The lowest BCUT2D eigenvalue weighted by molar-refractivity contribution is -0.132. The number of hydrogen-bond donors (Lipinski definition) is 2. The van der Waals surface area contributed by atoms with E-state index in [-0.39, 0.29) is 27.8 Å². The molecule has 2 aromatic carbocycles. The van der Waals surface area contributed by atoms with Crippen LogP contribution in [0.15, 0.2) is 66.5 Å². The Hall–Kier alpha value is -3.64. The van der Waals surface area contributed by atoms with E-state index in [1.54, 1.807) is 18.2 Å². The number of hydrogen-bond acceptors (Lipinski definition) is 5. The average Bonchev–Trinajstić information content (AvgIpc) is 3.02. The van der Waals surface area contributed by atoms with Crippen LogP contribution in [0.25, 0.3) is 5.76 Å². The molecular formula is C24H19ClN2O4. The van der Waals surface area contributed by atoms with Crippen LogP contribution in [-0.2, 0) is 9.59 Å². The Bertz CT molecular complexity index is 1240. The number of anilines is 1. The van der Waals surface area contributed by atoms with Crippen molar-refractivity contribution >= 4 is 34.7 Å². The molecule has 1 aliphatic heterocycles. The van der Waals surface area contributed by atoms with Gasteiger partial charge in [-0.1, -0.05) is 29.3 Å². The number of aromatic nitrogens is 1. The van der Waals surface area contributed by atoms with Gasteiger partial charge >= 0.3 is 0 Å². The zero-order chi connectivity index (χ0) is 22.3. The predicted octanol–water partition coefficient (Wildman–Crippen LogP) is 4.68. The van der Waals surface area contributed by atoms with Crippen molar-refractivity contribution < 1.29 is 19.8 Å². The summed E-state index contributed by atoms with van der Waals surface area (Å²) in [5.41, 5.74) is 2.69. The fourth-order valence-corrected chi connectivity index (χ4v) is 3.93. The van der Waals surface area contributed by atoms with Crippen molar-refractivity contribution in [2.24, 2.45) is 0 Å². The zero-order valence-electron chi connectivity index (χ0n) is 16.8. The number of phenolic OH excluding ortho intramolecular Hbond substituents is 1. The molecule has 4 rings (SSSR count). The van der Waals surface area contributed by atoms with Gasteiger partial charge in [0.2, 0.25) is 0 Å². The largest absolute Gasteiger partial charge is 0.507 e. The number of pyridine rings is 1.